The van der Waals surface area contributed by atoms with Gasteiger partial charge in [0.05, 0.1) is 42.0 Å². The van der Waals surface area contributed by atoms with Crippen LogP contribution in [-0.2, 0) is 23.9 Å². The lowest BCUT2D eigenvalue weighted by Crippen LogP contribution is -2.56. The quantitative estimate of drug-likeness (QED) is 0.434. The summed E-state index contributed by atoms with van der Waals surface area (Å²) in [5.41, 5.74) is 0.572. The van der Waals surface area contributed by atoms with Crippen molar-refractivity contribution in [2.75, 3.05) is 24.7 Å². The highest BCUT2D eigenvalue weighted by atomic mass is 35.5. The number of rotatable bonds is 4. The molecule has 8 nitrogen and oxygen atoms in total. The molecule has 6 rings (SSSR count). The summed E-state index contributed by atoms with van der Waals surface area (Å²) >= 11 is 6.63. The zero-order chi connectivity index (χ0) is 28.7. The number of esters is 1. The summed E-state index contributed by atoms with van der Waals surface area (Å²) in [6.45, 7) is 1.91. The Hall–Kier alpha value is -3.46. The molecule has 0 saturated carbocycles. The van der Waals surface area contributed by atoms with E-state index in [1.54, 1.807) is 17.0 Å². The Morgan fingerprint density at radius 1 is 1.05 bits per heavy atom. The highest BCUT2D eigenvalue weighted by Gasteiger charge is 2.72. The number of halogens is 1. The molecule has 1 N–H and O–H groups in total. The van der Waals surface area contributed by atoms with Gasteiger partial charge in [-0.2, -0.15) is 0 Å². The van der Waals surface area contributed by atoms with Crippen molar-refractivity contribution in [2.45, 2.75) is 50.0 Å². The number of para-hydroxylation sites is 1. The van der Waals surface area contributed by atoms with Gasteiger partial charge >= 0.3 is 5.97 Å². The number of ether oxygens (including phenoxy) is 2. The van der Waals surface area contributed by atoms with Gasteiger partial charge in [0.25, 0.3) is 5.91 Å². The fourth-order valence-electron chi connectivity index (χ4n) is 6.89. The van der Waals surface area contributed by atoms with Crippen LogP contribution < -0.4 is 4.90 Å². The van der Waals surface area contributed by atoms with E-state index in [0.717, 1.165) is 24.8 Å². The van der Waals surface area contributed by atoms with E-state index in [4.69, 9.17) is 21.1 Å². The Balaban J connectivity index is 1.53. The van der Waals surface area contributed by atoms with Gasteiger partial charge in [-0.3, -0.25) is 14.4 Å². The average Bonchev–Trinajstić information content (AvgIpc) is 3.35. The summed E-state index contributed by atoms with van der Waals surface area (Å²) in [7, 11) is 0. The Labute approximate surface area is 244 Å². The third-order valence-corrected chi connectivity index (χ3v) is 9.00. The van der Waals surface area contributed by atoms with Gasteiger partial charge in [0.1, 0.15) is 17.6 Å². The van der Waals surface area contributed by atoms with Crippen LogP contribution in [0.4, 0.5) is 5.69 Å². The van der Waals surface area contributed by atoms with E-state index in [0.29, 0.717) is 16.3 Å². The number of aryl methyl sites for hydroxylation is 1. The fourth-order valence-corrected chi connectivity index (χ4v) is 7.21. The van der Waals surface area contributed by atoms with Crippen LogP contribution in [0.5, 0.6) is 0 Å². The van der Waals surface area contributed by atoms with Crippen molar-refractivity contribution in [3.8, 4) is 0 Å². The fraction of sp³-hybridized carbons (Fsp3) is 0.406. The molecule has 2 saturated heterocycles. The van der Waals surface area contributed by atoms with E-state index >= 15 is 0 Å². The Morgan fingerprint density at radius 2 is 1.85 bits per heavy atom. The smallest absolute Gasteiger partial charge is 0.312 e. The van der Waals surface area contributed by atoms with Gasteiger partial charge in [-0.25, -0.2) is 0 Å². The molecule has 4 aliphatic rings. The molecule has 2 aromatic carbocycles. The number of nitrogens with zero attached hydrogens (tertiary/aromatic N) is 2. The van der Waals surface area contributed by atoms with Crippen LogP contribution >= 0.6 is 11.6 Å². The summed E-state index contributed by atoms with van der Waals surface area (Å²) in [4.78, 5) is 45.9. The zero-order valence-corrected chi connectivity index (χ0v) is 23.6. The van der Waals surface area contributed by atoms with Crippen LogP contribution in [0.25, 0.3) is 0 Å². The maximum atomic E-state index is 14.7. The number of likely N-dealkylation sites (tertiary alicyclic amines) is 1. The Bertz CT molecular complexity index is 1390. The summed E-state index contributed by atoms with van der Waals surface area (Å²) in [5, 5.41) is 11.1. The predicted molar refractivity (Wildman–Crippen MR) is 153 cm³/mol. The summed E-state index contributed by atoms with van der Waals surface area (Å²) < 4.78 is 12.4. The first-order valence-corrected chi connectivity index (χ1v) is 14.5. The number of carbonyl (C=O) groups excluding carboxylic acids is 3. The molecule has 41 heavy (non-hydrogen) atoms. The van der Waals surface area contributed by atoms with Crippen LogP contribution in [0.15, 0.2) is 72.8 Å². The minimum absolute atomic E-state index is 0.199. The van der Waals surface area contributed by atoms with Crippen molar-refractivity contribution < 1.29 is 29.0 Å². The number of hydrogen-bond donors (Lipinski definition) is 1. The summed E-state index contributed by atoms with van der Waals surface area (Å²) in [5.74, 6) is -3.28. The van der Waals surface area contributed by atoms with Gasteiger partial charge in [-0.1, -0.05) is 78.4 Å². The second-order valence-electron chi connectivity index (χ2n) is 11.0. The van der Waals surface area contributed by atoms with Gasteiger partial charge in [0, 0.05) is 6.54 Å². The van der Waals surface area contributed by atoms with E-state index in [2.05, 4.69) is 0 Å². The largest absolute Gasteiger partial charge is 0.465 e. The lowest BCUT2D eigenvalue weighted by Gasteiger charge is -2.39. The van der Waals surface area contributed by atoms with Crippen molar-refractivity contribution in [2.24, 2.45) is 11.8 Å². The van der Waals surface area contributed by atoms with Crippen LogP contribution in [0.2, 0.25) is 5.02 Å². The number of amides is 2. The minimum atomic E-state index is -1.45. The minimum Gasteiger partial charge on any atom is -0.465 e. The normalized spacial score (nSPS) is 31.1. The number of aliphatic hydroxyl groups excluding tert-OH is 1. The number of benzene rings is 2. The third-order valence-electron chi connectivity index (χ3n) is 8.69. The molecule has 2 amide bonds. The van der Waals surface area contributed by atoms with Crippen molar-refractivity contribution in [3.63, 3.8) is 0 Å². The molecule has 0 radical (unpaired) electrons. The van der Waals surface area contributed by atoms with Crippen LogP contribution in [0.3, 0.4) is 0 Å². The first-order chi connectivity index (χ1) is 19.9. The lowest BCUT2D eigenvalue weighted by molar-refractivity contribution is -0.155. The molecule has 0 aliphatic carbocycles. The first-order valence-electron chi connectivity index (χ1n) is 14.1. The highest BCUT2D eigenvalue weighted by molar-refractivity contribution is 6.34. The average molecular weight is 577 g/mol. The van der Waals surface area contributed by atoms with Crippen LogP contribution in [-0.4, -0.2) is 65.3 Å². The second kappa shape index (κ2) is 11.1. The Morgan fingerprint density at radius 3 is 2.61 bits per heavy atom. The van der Waals surface area contributed by atoms with Crippen LogP contribution in [0.1, 0.15) is 36.4 Å². The Kier molecular flexibility index (Phi) is 7.49. The molecule has 6 atom stereocenters. The van der Waals surface area contributed by atoms with Gasteiger partial charge in [0.2, 0.25) is 5.91 Å². The number of aliphatic hydroxyl groups is 1. The van der Waals surface area contributed by atoms with E-state index in [9.17, 15) is 19.5 Å². The molecule has 0 bridgehead atoms. The van der Waals surface area contributed by atoms with Crippen molar-refractivity contribution in [1.82, 2.24) is 4.90 Å². The zero-order valence-electron chi connectivity index (χ0n) is 22.8. The molecule has 4 heterocycles. The van der Waals surface area contributed by atoms with Gasteiger partial charge in [0.15, 0.2) is 0 Å². The standard InChI is InChI=1S/C32H33ClN2O6/c1-20-11-9-14-22(33)27(20)34-17-10-16-32-26(25-24(41-32)15-7-2-3-8-18-40-31(25)39)29(37)35(28(32)30(34)38)23(19-36)21-12-5-4-6-13-21/h4-7,9-16,23-26,28,36H,2-3,8,17-19H2,1H3/b15-7-/t23-,24-,25+,26+,28?,32+/m1/s1. The molecular weight excluding hydrogens is 544 g/mol. The number of hydrogen-bond acceptors (Lipinski definition) is 6. The molecule has 1 spiro atoms. The van der Waals surface area contributed by atoms with Crippen molar-refractivity contribution in [1.29, 1.82) is 0 Å². The van der Waals surface area contributed by atoms with Gasteiger partial charge < -0.3 is 24.4 Å². The molecule has 1 unspecified atom stereocenters. The van der Waals surface area contributed by atoms with E-state index in [1.807, 2.05) is 67.6 Å². The van der Waals surface area contributed by atoms with E-state index < -0.39 is 60.0 Å². The number of fused-ring (bicyclic) bond motifs is 2. The molecule has 9 heteroatoms. The first kappa shape index (κ1) is 27.7. The maximum Gasteiger partial charge on any atom is 0.312 e. The lowest BCUT2D eigenvalue weighted by atomic mass is 9.78. The van der Waals surface area contributed by atoms with E-state index in [1.165, 1.54) is 4.90 Å². The third kappa shape index (κ3) is 4.49. The summed E-state index contributed by atoms with van der Waals surface area (Å²) in [6.07, 6.45) is 9.04. The van der Waals surface area contributed by atoms with Crippen molar-refractivity contribution >= 4 is 35.1 Å². The number of anilines is 1. The van der Waals surface area contributed by atoms with Crippen molar-refractivity contribution in [3.05, 3.63) is 89.0 Å². The maximum absolute atomic E-state index is 14.7. The SMILES string of the molecule is Cc1cccc(Cl)c1N1CC=C[C@]23O[C@@H]4/C=C\CCCCOC(=O)[C@@H]4[C@H]2C(=O)N([C@H](CO)c2ccccc2)C3C1=O. The molecule has 2 fully saturated rings. The monoisotopic (exact) mass is 576 g/mol. The summed E-state index contributed by atoms with van der Waals surface area (Å²) in [6, 6.07) is 12.5. The topological polar surface area (TPSA) is 96.4 Å². The number of cyclic esters (lactones) is 1. The van der Waals surface area contributed by atoms with Gasteiger partial charge in [-0.15, -0.1) is 0 Å². The predicted octanol–water partition coefficient (Wildman–Crippen LogP) is 4.15. The van der Waals surface area contributed by atoms with Gasteiger partial charge in [-0.05, 0) is 43.4 Å². The molecule has 214 valence electrons. The molecule has 0 aromatic heterocycles. The highest BCUT2D eigenvalue weighted by Crippen LogP contribution is 2.55. The van der Waals surface area contributed by atoms with Crippen LogP contribution in [0, 0.1) is 18.8 Å². The molecule has 4 aliphatic heterocycles. The number of allylic oxidation sites excluding steroid dienone is 1. The second-order valence-corrected chi connectivity index (χ2v) is 11.5. The number of carbonyl (C=O) groups is 3. The molecule has 2 aromatic rings. The van der Waals surface area contributed by atoms with E-state index in [-0.39, 0.29) is 13.2 Å². The molecular formula is C32H33ClN2O6.